The SMILES string of the molecule is CC(C)(C)NC(=O)Nc1c(Cl)cc(Br)cc1Cl. The highest BCUT2D eigenvalue weighted by Gasteiger charge is 2.16. The lowest BCUT2D eigenvalue weighted by molar-refractivity contribution is 0.244. The second-order valence-corrected chi connectivity index (χ2v) is 6.30. The molecule has 0 aliphatic heterocycles. The molecule has 0 atom stereocenters. The highest BCUT2D eigenvalue weighted by Crippen LogP contribution is 2.33. The van der Waals surface area contributed by atoms with E-state index in [2.05, 4.69) is 26.6 Å². The minimum Gasteiger partial charge on any atom is -0.333 e. The second kappa shape index (κ2) is 5.46. The number of carbonyl (C=O) groups is 1. The van der Waals surface area contributed by atoms with Crippen LogP contribution in [0.4, 0.5) is 10.5 Å². The summed E-state index contributed by atoms with van der Waals surface area (Å²) in [6, 6.07) is 2.99. The molecule has 1 rings (SSSR count). The number of nitrogens with one attached hydrogen (secondary N) is 2. The molecular weight excluding hydrogens is 327 g/mol. The largest absolute Gasteiger partial charge is 0.333 e. The first kappa shape index (κ1) is 14.6. The maximum Gasteiger partial charge on any atom is 0.319 e. The average molecular weight is 340 g/mol. The molecule has 0 aliphatic rings. The quantitative estimate of drug-likeness (QED) is 0.766. The van der Waals surface area contributed by atoms with Crippen LogP contribution in [0.25, 0.3) is 0 Å². The van der Waals surface area contributed by atoms with Gasteiger partial charge in [-0.25, -0.2) is 4.79 Å². The van der Waals surface area contributed by atoms with Gasteiger partial charge in [-0.3, -0.25) is 0 Å². The lowest BCUT2D eigenvalue weighted by Crippen LogP contribution is -2.43. The molecule has 0 saturated carbocycles. The highest BCUT2D eigenvalue weighted by atomic mass is 79.9. The van der Waals surface area contributed by atoms with Crippen LogP contribution in [0.3, 0.4) is 0 Å². The van der Waals surface area contributed by atoms with Crippen molar-refractivity contribution < 1.29 is 4.79 Å². The Morgan fingerprint density at radius 1 is 1.24 bits per heavy atom. The molecule has 0 fully saturated rings. The van der Waals surface area contributed by atoms with Gasteiger partial charge in [0.2, 0.25) is 0 Å². The van der Waals surface area contributed by atoms with Crippen molar-refractivity contribution in [2.45, 2.75) is 26.3 Å². The number of amides is 2. The number of benzene rings is 1. The molecule has 2 amide bonds. The van der Waals surface area contributed by atoms with Gasteiger partial charge in [-0.1, -0.05) is 39.1 Å². The smallest absolute Gasteiger partial charge is 0.319 e. The van der Waals surface area contributed by atoms with Gasteiger partial charge in [-0.15, -0.1) is 0 Å². The van der Waals surface area contributed by atoms with E-state index < -0.39 is 0 Å². The van der Waals surface area contributed by atoms with Crippen molar-refractivity contribution in [2.75, 3.05) is 5.32 Å². The van der Waals surface area contributed by atoms with Crippen LogP contribution in [0.1, 0.15) is 20.8 Å². The highest BCUT2D eigenvalue weighted by molar-refractivity contribution is 9.10. The molecule has 0 radical (unpaired) electrons. The van der Waals surface area contributed by atoms with Gasteiger partial charge in [-0.2, -0.15) is 0 Å². The first-order chi connectivity index (χ1) is 7.69. The Morgan fingerprint density at radius 2 is 1.71 bits per heavy atom. The predicted octanol–water partition coefficient (Wildman–Crippen LogP) is 4.68. The van der Waals surface area contributed by atoms with Gasteiger partial charge in [0.1, 0.15) is 0 Å². The second-order valence-electron chi connectivity index (χ2n) is 4.57. The van der Waals surface area contributed by atoms with E-state index in [9.17, 15) is 4.79 Å². The number of hydrogen-bond donors (Lipinski definition) is 2. The van der Waals surface area contributed by atoms with Crippen LogP contribution >= 0.6 is 39.1 Å². The topological polar surface area (TPSA) is 41.1 Å². The first-order valence-corrected chi connectivity index (χ1v) is 6.47. The maximum absolute atomic E-state index is 11.7. The standard InChI is InChI=1S/C11H13BrCl2N2O/c1-11(2,3)16-10(17)15-9-7(13)4-6(12)5-8(9)14/h4-5H,1-3H3,(H2,15,16,17). The molecule has 94 valence electrons. The third-order valence-electron chi connectivity index (χ3n) is 1.73. The minimum atomic E-state index is -0.344. The third-order valence-corrected chi connectivity index (χ3v) is 2.79. The van der Waals surface area contributed by atoms with Crippen molar-refractivity contribution in [3.05, 3.63) is 26.7 Å². The number of hydrogen-bond acceptors (Lipinski definition) is 1. The Balaban J connectivity index is 2.86. The van der Waals surface area contributed by atoms with Gasteiger partial charge in [-0.05, 0) is 32.9 Å². The van der Waals surface area contributed by atoms with Crippen LogP contribution in [0.2, 0.25) is 10.0 Å². The Morgan fingerprint density at radius 3 is 2.12 bits per heavy atom. The van der Waals surface area contributed by atoms with Crippen molar-refractivity contribution in [3.8, 4) is 0 Å². The molecule has 2 N–H and O–H groups in total. The minimum absolute atomic E-state index is 0.321. The van der Waals surface area contributed by atoms with Crippen molar-refractivity contribution in [1.82, 2.24) is 5.32 Å². The average Bonchev–Trinajstić information content (AvgIpc) is 2.08. The summed E-state index contributed by atoms with van der Waals surface area (Å²) in [5.41, 5.74) is 0.0802. The monoisotopic (exact) mass is 338 g/mol. The van der Waals surface area contributed by atoms with Crippen molar-refractivity contribution in [3.63, 3.8) is 0 Å². The summed E-state index contributed by atoms with van der Waals surface area (Å²) < 4.78 is 0.759. The van der Waals surface area contributed by atoms with Gasteiger partial charge >= 0.3 is 6.03 Å². The summed E-state index contributed by atoms with van der Waals surface area (Å²) >= 11 is 15.3. The molecule has 3 nitrogen and oxygen atoms in total. The molecule has 1 aromatic rings. The van der Waals surface area contributed by atoms with Gasteiger partial charge in [0.15, 0.2) is 0 Å². The molecule has 17 heavy (non-hydrogen) atoms. The molecular formula is C11H13BrCl2N2O. The zero-order chi connectivity index (χ0) is 13.2. The Bertz CT molecular complexity index is 421. The molecule has 0 spiro atoms. The maximum atomic E-state index is 11.7. The summed E-state index contributed by atoms with van der Waals surface area (Å²) in [6.07, 6.45) is 0. The summed E-state index contributed by atoms with van der Waals surface area (Å²) in [4.78, 5) is 11.7. The Hall–Kier alpha value is -0.450. The van der Waals surface area contributed by atoms with Crippen LogP contribution in [0.5, 0.6) is 0 Å². The number of rotatable bonds is 1. The van der Waals surface area contributed by atoms with E-state index in [-0.39, 0.29) is 11.6 Å². The van der Waals surface area contributed by atoms with Crippen LogP contribution in [0.15, 0.2) is 16.6 Å². The number of carbonyl (C=O) groups excluding carboxylic acids is 1. The zero-order valence-electron chi connectivity index (χ0n) is 9.70. The lowest BCUT2D eigenvalue weighted by Gasteiger charge is -2.21. The fourth-order valence-electron chi connectivity index (χ4n) is 1.15. The van der Waals surface area contributed by atoms with Crippen molar-refractivity contribution in [2.24, 2.45) is 0 Å². The van der Waals surface area contributed by atoms with E-state index in [1.54, 1.807) is 12.1 Å². The summed E-state index contributed by atoms with van der Waals surface area (Å²) in [5.74, 6) is 0. The normalized spacial score (nSPS) is 11.2. The fraction of sp³-hybridized carbons (Fsp3) is 0.364. The van der Waals surface area contributed by atoms with Crippen LogP contribution in [0, 0.1) is 0 Å². The van der Waals surface area contributed by atoms with Gasteiger partial charge in [0.25, 0.3) is 0 Å². The van der Waals surface area contributed by atoms with Gasteiger partial charge in [0, 0.05) is 10.0 Å². The summed E-state index contributed by atoms with van der Waals surface area (Å²) in [6.45, 7) is 5.66. The molecule has 6 heteroatoms. The van der Waals surface area contributed by atoms with Crippen molar-refractivity contribution >= 4 is 50.9 Å². The summed E-state index contributed by atoms with van der Waals surface area (Å²) in [7, 11) is 0. The first-order valence-electron chi connectivity index (χ1n) is 4.93. The number of urea groups is 1. The van der Waals surface area contributed by atoms with E-state index >= 15 is 0 Å². The van der Waals surface area contributed by atoms with E-state index in [1.165, 1.54) is 0 Å². The fourth-order valence-corrected chi connectivity index (χ4v) is 2.45. The number of anilines is 1. The van der Waals surface area contributed by atoms with Crippen LogP contribution in [-0.2, 0) is 0 Å². The van der Waals surface area contributed by atoms with Crippen LogP contribution in [-0.4, -0.2) is 11.6 Å². The molecule has 0 saturated heterocycles. The van der Waals surface area contributed by atoms with E-state index in [0.717, 1.165) is 4.47 Å². The van der Waals surface area contributed by atoms with E-state index in [1.807, 2.05) is 20.8 Å². The third kappa shape index (κ3) is 4.74. The molecule has 0 bridgehead atoms. The molecule has 0 aliphatic carbocycles. The van der Waals surface area contributed by atoms with E-state index in [0.29, 0.717) is 15.7 Å². The Kier molecular flexibility index (Phi) is 4.69. The molecule has 0 aromatic heterocycles. The van der Waals surface area contributed by atoms with Gasteiger partial charge in [0.05, 0.1) is 15.7 Å². The molecule has 0 heterocycles. The molecule has 0 unspecified atom stereocenters. The number of halogens is 3. The van der Waals surface area contributed by atoms with E-state index in [4.69, 9.17) is 23.2 Å². The Labute approximate surface area is 119 Å². The molecule has 1 aromatic carbocycles. The van der Waals surface area contributed by atoms with Crippen LogP contribution < -0.4 is 10.6 Å². The predicted molar refractivity (Wildman–Crippen MR) is 76.1 cm³/mol. The zero-order valence-corrected chi connectivity index (χ0v) is 12.8. The summed E-state index contributed by atoms with van der Waals surface area (Å²) in [5, 5.41) is 6.15. The van der Waals surface area contributed by atoms with Crippen molar-refractivity contribution in [1.29, 1.82) is 0 Å². The lowest BCUT2D eigenvalue weighted by atomic mass is 10.1. The van der Waals surface area contributed by atoms with Gasteiger partial charge < -0.3 is 10.6 Å².